The molecule has 6 heteroatoms. The van der Waals surface area contributed by atoms with Crippen molar-refractivity contribution in [1.29, 1.82) is 5.26 Å². The highest BCUT2D eigenvalue weighted by atomic mass is 16.6. The number of nitrogens with zero attached hydrogens (tertiary/aromatic N) is 3. The molecule has 2 rings (SSSR count). The Labute approximate surface area is 137 Å². The van der Waals surface area contributed by atoms with Gasteiger partial charge in [0, 0.05) is 25.3 Å². The highest BCUT2D eigenvalue weighted by Crippen LogP contribution is 2.24. The van der Waals surface area contributed by atoms with Crippen molar-refractivity contribution < 1.29 is 9.53 Å². The average molecular weight is 316 g/mol. The van der Waals surface area contributed by atoms with Crippen LogP contribution in [0, 0.1) is 17.2 Å². The maximum Gasteiger partial charge on any atom is 0.410 e. The number of rotatable bonds is 4. The number of pyridine rings is 1. The van der Waals surface area contributed by atoms with Crippen molar-refractivity contribution in [2.45, 2.75) is 45.8 Å². The Balaban J connectivity index is 1.72. The standard InChI is InChI=1S/C17H24N4O2/c1-12(20-15-6-5-13(8-18)9-19-15)7-14-10-21(11-14)16(22)23-17(2,3)4/h5-6,9,12,14H,7,10-11H2,1-4H3,(H,19,20). The summed E-state index contributed by atoms with van der Waals surface area (Å²) in [6, 6.07) is 5.86. The third-order valence-corrected chi connectivity index (χ3v) is 3.58. The number of hydrogen-bond donors (Lipinski definition) is 1. The summed E-state index contributed by atoms with van der Waals surface area (Å²) in [5.41, 5.74) is 0.105. The second kappa shape index (κ2) is 6.86. The number of hydrogen-bond acceptors (Lipinski definition) is 5. The van der Waals surface area contributed by atoms with Gasteiger partial charge in [-0.15, -0.1) is 0 Å². The molecule has 0 spiro atoms. The lowest BCUT2D eigenvalue weighted by molar-refractivity contribution is -0.00257. The van der Waals surface area contributed by atoms with Gasteiger partial charge in [-0.2, -0.15) is 5.26 Å². The van der Waals surface area contributed by atoms with Crippen LogP contribution in [0.15, 0.2) is 18.3 Å². The summed E-state index contributed by atoms with van der Waals surface area (Å²) < 4.78 is 5.35. The largest absolute Gasteiger partial charge is 0.444 e. The Morgan fingerprint density at radius 3 is 2.74 bits per heavy atom. The number of amides is 1. The van der Waals surface area contributed by atoms with Gasteiger partial charge in [-0.1, -0.05) is 0 Å². The van der Waals surface area contributed by atoms with Crippen LogP contribution in [0.5, 0.6) is 0 Å². The van der Waals surface area contributed by atoms with Crippen LogP contribution in [0.1, 0.15) is 39.7 Å². The van der Waals surface area contributed by atoms with E-state index in [4.69, 9.17) is 10.00 Å². The first-order valence-electron chi connectivity index (χ1n) is 7.87. The number of carbonyl (C=O) groups is 1. The van der Waals surface area contributed by atoms with E-state index < -0.39 is 5.60 Å². The molecule has 1 unspecified atom stereocenters. The number of nitrogens with one attached hydrogen (secondary N) is 1. The van der Waals surface area contributed by atoms with E-state index in [9.17, 15) is 4.79 Å². The van der Waals surface area contributed by atoms with E-state index in [1.807, 2.05) is 32.9 Å². The molecule has 1 aromatic rings. The first-order chi connectivity index (χ1) is 10.8. The molecule has 1 aromatic heterocycles. The van der Waals surface area contributed by atoms with Gasteiger partial charge in [0.25, 0.3) is 0 Å². The Bertz CT molecular complexity index is 580. The Morgan fingerprint density at radius 1 is 1.52 bits per heavy atom. The van der Waals surface area contributed by atoms with Crippen LogP contribution in [0.3, 0.4) is 0 Å². The molecule has 6 nitrogen and oxygen atoms in total. The Hall–Kier alpha value is -2.29. The number of ether oxygens (including phenoxy) is 1. The fraction of sp³-hybridized carbons (Fsp3) is 0.588. The van der Waals surface area contributed by atoms with Crippen molar-refractivity contribution in [2.75, 3.05) is 18.4 Å². The second-order valence-electron chi connectivity index (χ2n) is 7.08. The van der Waals surface area contributed by atoms with Gasteiger partial charge in [0.1, 0.15) is 17.5 Å². The first kappa shape index (κ1) is 17.1. The average Bonchev–Trinajstić information content (AvgIpc) is 2.41. The summed E-state index contributed by atoms with van der Waals surface area (Å²) in [7, 11) is 0. The van der Waals surface area contributed by atoms with Crippen molar-refractivity contribution >= 4 is 11.9 Å². The van der Waals surface area contributed by atoms with E-state index in [0.717, 1.165) is 25.3 Å². The minimum absolute atomic E-state index is 0.233. The summed E-state index contributed by atoms with van der Waals surface area (Å²) in [6.45, 7) is 9.19. The lowest BCUT2D eigenvalue weighted by Crippen LogP contribution is -2.52. The number of anilines is 1. The third-order valence-electron chi connectivity index (χ3n) is 3.58. The number of carbonyl (C=O) groups excluding carboxylic acids is 1. The zero-order valence-corrected chi connectivity index (χ0v) is 14.2. The van der Waals surface area contributed by atoms with E-state index in [1.54, 1.807) is 17.2 Å². The van der Waals surface area contributed by atoms with E-state index in [-0.39, 0.29) is 12.1 Å². The Morgan fingerprint density at radius 2 is 2.22 bits per heavy atom. The molecule has 124 valence electrons. The zero-order chi connectivity index (χ0) is 17.0. The van der Waals surface area contributed by atoms with Crippen LogP contribution in [0.25, 0.3) is 0 Å². The van der Waals surface area contributed by atoms with Gasteiger partial charge in [0.15, 0.2) is 0 Å². The summed E-state index contributed by atoms with van der Waals surface area (Å²) in [5.74, 6) is 1.24. The van der Waals surface area contributed by atoms with Crippen molar-refractivity contribution in [3.8, 4) is 6.07 Å². The molecular formula is C17H24N4O2. The van der Waals surface area contributed by atoms with Crippen molar-refractivity contribution in [2.24, 2.45) is 5.92 Å². The molecule has 0 radical (unpaired) electrons. The van der Waals surface area contributed by atoms with Crippen LogP contribution in [0.2, 0.25) is 0 Å². The van der Waals surface area contributed by atoms with Gasteiger partial charge in [-0.05, 0) is 52.2 Å². The fourth-order valence-corrected chi connectivity index (χ4v) is 2.55. The van der Waals surface area contributed by atoms with Gasteiger partial charge in [0.2, 0.25) is 0 Å². The molecule has 2 heterocycles. The van der Waals surface area contributed by atoms with E-state index >= 15 is 0 Å². The number of aromatic nitrogens is 1. The summed E-state index contributed by atoms with van der Waals surface area (Å²) in [6.07, 6.45) is 2.28. The van der Waals surface area contributed by atoms with Gasteiger partial charge >= 0.3 is 6.09 Å². The third kappa shape index (κ3) is 5.13. The number of nitriles is 1. The minimum atomic E-state index is -0.446. The SMILES string of the molecule is CC(CC1CN(C(=O)OC(C)(C)C)C1)Nc1ccc(C#N)cn1. The zero-order valence-electron chi connectivity index (χ0n) is 14.2. The minimum Gasteiger partial charge on any atom is -0.444 e. The van der Waals surface area contributed by atoms with Crippen LogP contribution in [0.4, 0.5) is 10.6 Å². The molecule has 1 amide bonds. The molecule has 1 fully saturated rings. The fourth-order valence-electron chi connectivity index (χ4n) is 2.55. The van der Waals surface area contributed by atoms with Crippen molar-refractivity contribution in [3.63, 3.8) is 0 Å². The molecule has 1 N–H and O–H groups in total. The smallest absolute Gasteiger partial charge is 0.410 e. The monoisotopic (exact) mass is 316 g/mol. The molecule has 1 aliphatic rings. The highest BCUT2D eigenvalue weighted by Gasteiger charge is 2.34. The topological polar surface area (TPSA) is 78.2 Å². The molecule has 1 atom stereocenters. The molecule has 1 aliphatic heterocycles. The molecule has 23 heavy (non-hydrogen) atoms. The summed E-state index contributed by atoms with van der Waals surface area (Å²) >= 11 is 0. The normalized spacial score (nSPS) is 16.2. The lowest BCUT2D eigenvalue weighted by Gasteiger charge is -2.40. The first-order valence-corrected chi connectivity index (χ1v) is 7.87. The predicted octanol–water partition coefficient (Wildman–Crippen LogP) is 3.01. The molecule has 0 bridgehead atoms. The van der Waals surface area contributed by atoms with Crippen molar-refractivity contribution in [1.82, 2.24) is 9.88 Å². The van der Waals surface area contributed by atoms with E-state index in [0.29, 0.717) is 11.5 Å². The Kier molecular flexibility index (Phi) is 5.09. The van der Waals surface area contributed by atoms with Gasteiger partial charge < -0.3 is 15.0 Å². The summed E-state index contributed by atoms with van der Waals surface area (Å²) in [5, 5.41) is 12.1. The molecular weight excluding hydrogens is 292 g/mol. The maximum absolute atomic E-state index is 11.9. The molecule has 0 saturated carbocycles. The maximum atomic E-state index is 11.9. The van der Waals surface area contributed by atoms with Crippen LogP contribution in [-0.4, -0.2) is 40.7 Å². The second-order valence-corrected chi connectivity index (χ2v) is 7.08. The predicted molar refractivity (Wildman–Crippen MR) is 88.0 cm³/mol. The number of likely N-dealkylation sites (tertiary alicyclic amines) is 1. The van der Waals surface area contributed by atoms with Gasteiger partial charge in [0.05, 0.1) is 5.56 Å². The van der Waals surface area contributed by atoms with E-state index in [1.165, 1.54) is 0 Å². The molecule has 1 saturated heterocycles. The lowest BCUT2D eigenvalue weighted by atomic mass is 9.93. The highest BCUT2D eigenvalue weighted by molar-refractivity contribution is 5.69. The van der Waals surface area contributed by atoms with Gasteiger partial charge in [-0.3, -0.25) is 0 Å². The quantitative estimate of drug-likeness (QED) is 0.924. The summed E-state index contributed by atoms with van der Waals surface area (Å²) in [4.78, 5) is 17.8. The van der Waals surface area contributed by atoms with E-state index in [2.05, 4.69) is 17.2 Å². The molecule has 0 aromatic carbocycles. The van der Waals surface area contributed by atoms with Gasteiger partial charge in [-0.25, -0.2) is 9.78 Å². The van der Waals surface area contributed by atoms with Crippen LogP contribution in [-0.2, 0) is 4.74 Å². The van der Waals surface area contributed by atoms with Crippen molar-refractivity contribution in [3.05, 3.63) is 23.9 Å². The van der Waals surface area contributed by atoms with Crippen LogP contribution < -0.4 is 5.32 Å². The van der Waals surface area contributed by atoms with Crippen LogP contribution >= 0.6 is 0 Å². The molecule has 0 aliphatic carbocycles.